The highest BCUT2D eigenvalue weighted by Crippen LogP contribution is 2.16. The Labute approximate surface area is 131 Å². The molecule has 0 aromatic heterocycles. The van der Waals surface area contributed by atoms with Gasteiger partial charge in [-0.15, -0.1) is 0 Å². The molecule has 0 fully saturated rings. The molecule has 0 heterocycles. The maximum atomic E-state index is 11.6. The van der Waals surface area contributed by atoms with E-state index >= 15 is 0 Å². The van der Waals surface area contributed by atoms with Crippen LogP contribution < -0.4 is 0 Å². The Hall–Kier alpha value is -2.11. The smallest absolute Gasteiger partial charge is 0.330 e. The summed E-state index contributed by atoms with van der Waals surface area (Å²) in [5.41, 5.74) is 1.78. The zero-order chi connectivity index (χ0) is 17.1. The van der Waals surface area contributed by atoms with Gasteiger partial charge in [0.15, 0.2) is 5.92 Å². The third-order valence-electron chi connectivity index (χ3n) is 3.09. The van der Waals surface area contributed by atoms with Crippen LogP contribution in [0.2, 0.25) is 0 Å². The molecule has 22 heavy (non-hydrogen) atoms. The number of esters is 3. The van der Waals surface area contributed by atoms with Crippen molar-refractivity contribution in [3.05, 3.63) is 23.3 Å². The maximum Gasteiger partial charge on any atom is 0.330 e. The van der Waals surface area contributed by atoms with Gasteiger partial charge in [0.2, 0.25) is 0 Å². The van der Waals surface area contributed by atoms with E-state index in [4.69, 9.17) is 0 Å². The topological polar surface area (TPSA) is 78.9 Å². The molecule has 0 atom stereocenters. The van der Waals surface area contributed by atoms with Crippen LogP contribution in [0.1, 0.15) is 33.1 Å². The highest BCUT2D eigenvalue weighted by atomic mass is 16.5. The van der Waals surface area contributed by atoms with Gasteiger partial charge in [0.05, 0.1) is 21.3 Å². The molecule has 0 rings (SSSR count). The largest absolute Gasteiger partial charge is 0.468 e. The Kier molecular flexibility index (Phi) is 9.58. The third kappa shape index (κ3) is 7.61. The van der Waals surface area contributed by atoms with Crippen LogP contribution in [-0.4, -0.2) is 39.2 Å². The van der Waals surface area contributed by atoms with E-state index in [-0.39, 0.29) is 12.4 Å². The van der Waals surface area contributed by atoms with Crippen LogP contribution in [0.3, 0.4) is 0 Å². The molecule has 0 amide bonds. The van der Waals surface area contributed by atoms with Crippen LogP contribution in [0, 0.1) is 5.92 Å². The molecule has 0 saturated carbocycles. The molecule has 0 aliphatic carbocycles. The fourth-order valence-corrected chi connectivity index (χ4v) is 1.83. The molecule has 0 aromatic rings. The fraction of sp³-hybridized carbons (Fsp3) is 0.562. The summed E-state index contributed by atoms with van der Waals surface area (Å²) in [4.78, 5) is 34.2. The van der Waals surface area contributed by atoms with Crippen molar-refractivity contribution in [2.75, 3.05) is 21.3 Å². The highest BCUT2D eigenvalue weighted by Gasteiger charge is 2.28. The number of carbonyl (C=O) groups is 3. The van der Waals surface area contributed by atoms with Crippen molar-refractivity contribution >= 4 is 17.9 Å². The van der Waals surface area contributed by atoms with Crippen LogP contribution in [0.15, 0.2) is 23.3 Å². The predicted octanol–water partition coefficient (Wildman–Crippen LogP) is 2.18. The van der Waals surface area contributed by atoms with Gasteiger partial charge in [0.1, 0.15) is 0 Å². The Morgan fingerprint density at radius 1 is 0.909 bits per heavy atom. The molecule has 0 N–H and O–H groups in total. The molecule has 0 radical (unpaired) electrons. The number of rotatable bonds is 8. The molecule has 0 aromatic carbocycles. The second kappa shape index (κ2) is 10.6. The van der Waals surface area contributed by atoms with E-state index in [2.05, 4.69) is 14.2 Å². The molecular formula is C16H24O6. The molecule has 6 heteroatoms. The first-order chi connectivity index (χ1) is 10.3. The van der Waals surface area contributed by atoms with Gasteiger partial charge in [-0.1, -0.05) is 17.2 Å². The zero-order valence-electron chi connectivity index (χ0n) is 13.8. The molecule has 6 nitrogen and oxygen atoms in total. The molecule has 0 aliphatic heterocycles. The van der Waals surface area contributed by atoms with Gasteiger partial charge < -0.3 is 14.2 Å². The second-order valence-electron chi connectivity index (χ2n) is 4.91. The summed E-state index contributed by atoms with van der Waals surface area (Å²) in [5, 5.41) is 0. The van der Waals surface area contributed by atoms with E-state index in [0.717, 1.165) is 11.1 Å². The lowest BCUT2D eigenvalue weighted by atomic mass is 9.99. The molecule has 0 spiro atoms. The summed E-state index contributed by atoms with van der Waals surface area (Å²) >= 11 is 0. The van der Waals surface area contributed by atoms with Gasteiger partial charge in [-0.05, 0) is 33.1 Å². The van der Waals surface area contributed by atoms with Crippen molar-refractivity contribution in [2.45, 2.75) is 33.1 Å². The quantitative estimate of drug-likeness (QED) is 0.225. The van der Waals surface area contributed by atoms with Crippen molar-refractivity contribution in [3.8, 4) is 0 Å². The standard InChI is InChI=1S/C16H24O6/c1-11(7-6-8-12(2)10-14(17)20-3)9-13(15(18)21-4)16(19)22-5/h7,10,13H,6,8-9H2,1-5H3. The first kappa shape index (κ1) is 19.9. The summed E-state index contributed by atoms with van der Waals surface area (Å²) in [5.74, 6) is -2.55. The number of hydrogen-bond donors (Lipinski definition) is 0. The van der Waals surface area contributed by atoms with Gasteiger partial charge in [0, 0.05) is 6.08 Å². The monoisotopic (exact) mass is 312 g/mol. The van der Waals surface area contributed by atoms with Crippen LogP contribution in [-0.2, 0) is 28.6 Å². The summed E-state index contributed by atoms with van der Waals surface area (Å²) < 4.78 is 13.8. The molecule has 0 saturated heterocycles. The van der Waals surface area contributed by atoms with Crippen LogP contribution in [0.4, 0.5) is 0 Å². The van der Waals surface area contributed by atoms with Crippen molar-refractivity contribution in [1.29, 1.82) is 0 Å². The first-order valence-electron chi connectivity index (χ1n) is 6.92. The summed E-state index contributed by atoms with van der Waals surface area (Å²) in [6, 6.07) is 0. The van der Waals surface area contributed by atoms with E-state index in [9.17, 15) is 14.4 Å². The van der Waals surface area contributed by atoms with Gasteiger partial charge >= 0.3 is 17.9 Å². The lowest BCUT2D eigenvalue weighted by Crippen LogP contribution is -2.26. The number of ether oxygens (including phenoxy) is 3. The lowest BCUT2D eigenvalue weighted by Gasteiger charge is -2.12. The van der Waals surface area contributed by atoms with Crippen molar-refractivity contribution in [1.82, 2.24) is 0 Å². The van der Waals surface area contributed by atoms with E-state index in [1.54, 1.807) is 0 Å². The average Bonchev–Trinajstić information content (AvgIpc) is 2.50. The number of allylic oxidation sites excluding steroid dienone is 3. The number of hydrogen-bond acceptors (Lipinski definition) is 6. The molecule has 0 bridgehead atoms. The van der Waals surface area contributed by atoms with Gasteiger partial charge in [-0.2, -0.15) is 0 Å². The number of carbonyl (C=O) groups excluding carboxylic acids is 3. The summed E-state index contributed by atoms with van der Waals surface area (Å²) in [6.45, 7) is 3.67. The predicted molar refractivity (Wildman–Crippen MR) is 80.9 cm³/mol. The Balaban J connectivity index is 4.58. The Morgan fingerprint density at radius 2 is 1.45 bits per heavy atom. The molecular weight excluding hydrogens is 288 g/mol. The fourth-order valence-electron chi connectivity index (χ4n) is 1.83. The third-order valence-corrected chi connectivity index (χ3v) is 3.09. The average molecular weight is 312 g/mol. The van der Waals surface area contributed by atoms with Crippen molar-refractivity contribution < 1.29 is 28.6 Å². The van der Waals surface area contributed by atoms with Gasteiger partial charge in [0.25, 0.3) is 0 Å². The first-order valence-corrected chi connectivity index (χ1v) is 6.92. The maximum absolute atomic E-state index is 11.6. The van der Waals surface area contributed by atoms with Crippen molar-refractivity contribution in [2.24, 2.45) is 5.92 Å². The second-order valence-corrected chi connectivity index (χ2v) is 4.91. The summed E-state index contributed by atoms with van der Waals surface area (Å²) in [7, 11) is 3.80. The minimum atomic E-state index is -0.946. The molecule has 0 aliphatic rings. The Morgan fingerprint density at radius 3 is 1.91 bits per heavy atom. The highest BCUT2D eigenvalue weighted by molar-refractivity contribution is 5.95. The normalized spacial score (nSPS) is 12.1. The van der Waals surface area contributed by atoms with Crippen molar-refractivity contribution in [3.63, 3.8) is 0 Å². The number of methoxy groups -OCH3 is 3. The van der Waals surface area contributed by atoms with Crippen LogP contribution in [0.5, 0.6) is 0 Å². The van der Waals surface area contributed by atoms with E-state index in [0.29, 0.717) is 12.8 Å². The van der Waals surface area contributed by atoms with E-state index < -0.39 is 17.9 Å². The minimum absolute atomic E-state index is 0.249. The SMILES string of the molecule is COC(=O)C=C(C)CCC=C(C)CC(C(=O)OC)C(=O)OC. The molecule has 0 unspecified atom stereocenters. The van der Waals surface area contributed by atoms with E-state index in [1.165, 1.54) is 27.4 Å². The van der Waals surface area contributed by atoms with Crippen LogP contribution >= 0.6 is 0 Å². The lowest BCUT2D eigenvalue weighted by molar-refractivity contribution is -0.158. The summed E-state index contributed by atoms with van der Waals surface area (Å²) in [6.07, 6.45) is 5.00. The minimum Gasteiger partial charge on any atom is -0.468 e. The zero-order valence-corrected chi connectivity index (χ0v) is 13.8. The Bertz CT molecular complexity index is 445. The van der Waals surface area contributed by atoms with Gasteiger partial charge in [-0.25, -0.2) is 4.79 Å². The van der Waals surface area contributed by atoms with Gasteiger partial charge in [-0.3, -0.25) is 9.59 Å². The molecule has 124 valence electrons. The van der Waals surface area contributed by atoms with Crippen LogP contribution in [0.25, 0.3) is 0 Å². The van der Waals surface area contributed by atoms with E-state index in [1.807, 2.05) is 19.9 Å².